The molecule has 0 unspecified atom stereocenters. The van der Waals surface area contributed by atoms with E-state index >= 15 is 0 Å². The fourth-order valence-corrected chi connectivity index (χ4v) is 2.59. The van der Waals surface area contributed by atoms with Gasteiger partial charge in [-0.25, -0.2) is 0 Å². The Kier molecular flexibility index (Phi) is 3.97. The van der Waals surface area contributed by atoms with E-state index in [1.165, 1.54) is 24.9 Å². The smallest absolute Gasteiger partial charge is 0.0234 e. The normalized spacial score (nSPS) is 26.9. The topological polar surface area (TPSA) is 29.3 Å². The van der Waals surface area contributed by atoms with E-state index in [-0.39, 0.29) is 0 Å². The van der Waals surface area contributed by atoms with Crippen LogP contribution in [0, 0.1) is 5.92 Å². The molecule has 2 nitrogen and oxygen atoms in total. The van der Waals surface area contributed by atoms with Crippen molar-refractivity contribution in [1.29, 1.82) is 0 Å². The van der Waals surface area contributed by atoms with Gasteiger partial charge in [-0.3, -0.25) is 4.90 Å². The molecule has 0 aliphatic carbocycles. The fourth-order valence-electron chi connectivity index (χ4n) is 2.59. The Bertz CT molecular complexity index is 310. The van der Waals surface area contributed by atoms with Crippen molar-refractivity contribution in [2.24, 2.45) is 11.7 Å². The molecule has 0 radical (unpaired) electrons. The monoisotopic (exact) mass is 218 g/mol. The predicted molar refractivity (Wildman–Crippen MR) is 68.1 cm³/mol. The number of nitrogens with zero attached hydrogens (tertiary/aromatic N) is 1. The van der Waals surface area contributed by atoms with Crippen molar-refractivity contribution in [3.8, 4) is 0 Å². The Morgan fingerprint density at radius 3 is 2.69 bits per heavy atom. The molecule has 1 aromatic rings. The zero-order valence-electron chi connectivity index (χ0n) is 10.1. The molecule has 2 rings (SSSR count). The molecule has 88 valence electrons. The lowest BCUT2D eigenvalue weighted by Crippen LogP contribution is -2.47. The summed E-state index contributed by atoms with van der Waals surface area (Å²) in [6.45, 7) is 5.54. The third kappa shape index (κ3) is 2.83. The number of hydrogen-bond acceptors (Lipinski definition) is 2. The molecule has 2 N–H and O–H groups in total. The summed E-state index contributed by atoms with van der Waals surface area (Å²) in [4.78, 5) is 2.48. The molecule has 16 heavy (non-hydrogen) atoms. The van der Waals surface area contributed by atoms with Crippen LogP contribution in [0.2, 0.25) is 0 Å². The third-order valence-corrected chi connectivity index (χ3v) is 3.66. The highest BCUT2D eigenvalue weighted by molar-refractivity contribution is 5.14. The van der Waals surface area contributed by atoms with Crippen LogP contribution in [-0.4, -0.2) is 24.0 Å². The quantitative estimate of drug-likeness (QED) is 0.843. The molecule has 0 saturated carbocycles. The van der Waals surface area contributed by atoms with Gasteiger partial charge in [0.05, 0.1) is 0 Å². The van der Waals surface area contributed by atoms with E-state index in [0.29, 0.717) is 6.04 Å². The average molecular weight is 218 g/mol. The summed E-state index contributed by atoms with van der Waals surface area (Å²) in [6.07, 6.45) is 2.48. The van der Waals surface area contributed by atoms with E-state index in [9.17, 15) is 0 Å². The molecule has 1 heterocycles. The Balaban J connectivity index is 1.89. The van der Waals surface area contributed by atoms with Crippen LogP contribution in [0.4, 0.5) is 0 Å². The fraction of sp³-hybridized carbons (Fsp3) is 0.571. The molecule has 1 saturated heterocycles. The highest BCUT2D eigenvalue weighted by Crippen LogP contribution is 2.20. The summed E-state index contributed by atoms with van der Waals surface area (Å²) in [5.74, 6) is 0.729. The first-order valence-corrected chi connectivity index (χ1v) is 6.31. The number of rotatable bonds is 3. The number of nitrogens with two attached hydrogens (primary N) is 1. The van der Waals surface area contributed by atoms with Crippen molar-refractivity contribution in [3.63, 3.8) is 0 Å². The number of benzene rings is 1. The Labute approximate surface area is 98.4 Å². The minimum absolute atomic E-state index is 0.363. The van der Waals surface area contributed by atoms with E-state index < -0.39 is 0 Å². The SMILES string of the molecule is CC[C@H]1CCN(Cc2ccccc2)C[C@H]1N. The van der Waals surface area contributed by atoms with Crippen LogP contribution in [-0.2, 0) is 6.54 Å². The Hall–Kier alpha value is -0.860. The van der Waals surface area contributed by atoms with E-state index in [1.54, 1.807) is 0 Å². The van der Waals surface area contributed by atoms with E-state index in [1.807, 2.05) is 0 Å². The van der Waals surface area contributed by atoms with Crippen LogP contribution in [0.25, 0.3) is 0 Å². The van der Waals surface area contributed by atoms with Gasteiger partial charge in [0.2, 0.25) is 0 Å². The van der Waals surface area contributed by atoms with Gasteiger partial charge in [-0.2, -0.15) is 0 Å². The van der Waals surface area contributed by atoms with Gasteiger partial charge in [0.15, 0.2) is 0 Å². The first-order chi connectivity index (χ1) is 7.79. The highest BCUT2D eigenvalue weighted by Gasteiger charge is 2.24. The predicted octanol–water partition coefficient (Wildman–Crippen LogP) is 2.25. The highest BCUT2D eigenvalue weighted by atomic mass is 15.1. The van der Waals surface area contributed by atoms with Gasteiger partial charge in [0.1, 0.15) is 0 Å². The largest absolute Gasteiger partial charge is 0.326 e. The van der Waals surface area contributed by atoms with Gasteiger partial charge in [-0.15, -0.1) is 0 Å². The molecule has 0 bridgehead atoms. The second-order valence-electron chi connectivity index (χ2n) is 4.84. The van der Waals surface area contributed by atoms with Gasteiger partial charge < -0.3 is 5.73 Å². The average Bonchev–Trinajstić information content (AvgIpc) is 2.31. The van der Waals surface area contributed by atoms with Crippen LogP contribution >= 0.6 is 0 Å². The van der Waals surface area contributed by atoms with Crippen molar-refractivity contribution in [2.75, 3.05) is 13.1 Å². The maximum Gasteiger partial charge on any atom is 0.0234 e. The minimum atomic E-state index is 0.363. The lowest BCUT2D eigenvalue weighted by molar-refractivity contribution is 0.151. The van der Waals surface area contributed by atoms with Gasteiger partial charge >= 0.3 is 0 Å². The Morgan fingerprint density at radius 1 is 1.31 bits per heavy atom. The summed E-state index contributed by atoms with van der Waals surface area (Å²) < 4.78 is 0. The number of piperidine rings is 1. The second-order valence-corrected chi connectivity index (χ2v) is 4.84. The molecular formula is C14H22N2. The van der Waals surface area contributed by atoms with Crippen LogP contribution in [0.15, 0.2) is 30.3 Å². The summed E-state index contributed by atoms with van der Waals surface area (Å²) >= 11 is 0. The van der Waals surface area contributed by atoms with E-state index in [2.05, 4.69) is 42.2 Å². The summed E-state index contributed by atoms with van der Waals surface area (Å²) in [7, 11) is 0. The summed E-state index contributed by atoms with van der Waals surface area (Å²) in [6, 6.07) is 11.0. The minimum Gasteiger partial charge on any atom is -0.326 e. The standard InChI is InChI=1S/C14H22N2/c1-2-13-8-9-16(11-14(13)15)10-12-6-4-3-5-7-12/h3-7,13-14H,2,8-11,15H2,1H3/t13-,14+/m0/s1. The maximum absolute atomic E-state index is 6.19. The molecule has 0 spiro atoms. The first-order valence-electron chi connectivity index (χ1n) is 6.31. The van der Waals surface area contributed by atoms with E-state index in [0.717, 1.165) is 19.0 Å². The maximum atomic E-state index is 6.19. The second kappa shape index (κ2) is 5.46. The van der Waals surface area contributed by atoms with E-state index in [4.69, 9.17) is 5.73 Å². The van der Waals surface area contributed by atoms with Crippen LogP contribution in [0.5, 0.6) is 0 Å². The molecule has 1 fully saturated rings. The van der Waals surface area contributed by atoms with Gasteiger partial charge in [-0.1, -0.05) is 43.7 Å². The van der Waals surface area contributed by atoms with Crippen LogP contribution in [0.3, 0.4) is 0 Å². The van der Waals surface area contributed by atoms with Gasteiger partial charge in [-0.05, 0) is 24.4 Å². The summed E-state index contributed by atoms with van der Waals surface area (Å²) in [5.41, 5.74) is 7.59. The van der Waals surface area contributed by atoms with Crippen LogP contribution < -0.4 is 5.73 Å². The third-order valence-electron chi connectivity index (χ3n) is 3.66. The molecule has 2 atom stereocenters. The molecule has 0 aromatic heterocycles. The molecule has 0 amide bonds. The van der Waals surface area contributed by atoms with Crippen LogP contribution in [0.1, 0.15) is 25.3 Å². The number of hydrogen-bond donors (Lipinski definition) is 1. The lowest BCUT2D eigenvalue weighted by Gasteiger charge is -2.36. The zero-order valence-corrected chi connectivity index (χ0v) is 10.1. The molecule has 1 aliphatic heterocycles. The lowest BCUT2D eigenvalue weighted by atomic mass is 9.90. The molecule has 2 heteroatoms. The molecular weight excluding hydrogens is 196 g/mol. The van der Waals surface area contributed by atoms with Crippen molar-refractivity contribution >= 4 is 0 Å². The van der Waals surface area contributed by atoms with Gasteiger partial charge in [0, 0.05) is 19.1 Å². The zero-order chi connectivity index (χ0) is 11.4. The number of likely N-dealkylation sites (tertiary alicyclic amines) is 1. The van der Waals surface area contributed by atoms with Crippen molar-refractivity contribution in [2.45, 2.75) is 32.4 Å². The molecule has 1 aliphatic rings. The summed E-state index contributed by atoms with van der Waals surface area (Å²) in [5, 5.41) is 0. The van der Waals surface area contributed by atoms with Crippen molar-refractivity contribution in [1.82, 2.24) is 4.90 Å². The molecule has 1 aromatic carbocycles. The Morgan fingerprint density at radius 2 is 2.06 bits per heavy atom. The van der Waals surface area contributed by atoms with Crippen molar-refractivity contribution < 1.29 is 0 Å². The van der Waals surface area contributed by atoms with Gasteiger partial charge in [0.25, 0.3) is 0 Å². The van der Waals surface area contributed by atoms with Crippen molar-refractivity contribution in [3.05, 3.63) is 35.9 Å². The first kappa shape index (κ1) is 11.6.